The number of aromatic nitrogens is 1. The molecule has 0 aromatic carbocycles. The highest BCUT2D eigenvalue weighted by Gasteiger charge is 2.20. The molecule has 1 unspecified atom stereocenters. The van der Waals surface area contributed by atoms with Crippen LogP contribution in [0.1, 0.15) is 12.1 Å². The monoisotopic (exact) mass is 277 g/mol. The first kappa shape index (κ1) is 14.9. The quantitative estimate of drug-likeness (QED) is 0.658. The lowest BCUT2D eigenvalue weighted by Gasteiger charge is -2.23. The van der Waals surface area contributed by atoms with Gasteiger partial charge in [-0.25, -0.2) is 0 Å². The van der Waals surface area contributed by atoms with Gasteiger partial charge in [0.25, 0.3) is 0 Å². The standard InChI is InChI=1S/C15H27N5/c1-16-15(17-10-13-7-9-18(2)11-13)20(4)12-14-6-5-8-19(14)3/h5-6,8,13H,7,9-12H2,1-4H3,(H,16,17). The predicted molar refractivity (Wildman–Crippen MR) is 83.8 cm³/mol. The second-order valence-corrected chi connectivity index (χ2v) is 5.81. The van der Waals surface area contributed by atoms with E-state index in [0.29, 0.717) is 0 Å². The summed E-state index contributed by atoms with van der Waals surface area (Å²) in [6.07, 6.45) is 3.36. The molecule has 1 atom stereocenters. The summed E-state index contributed by atoms with van der Waals surface area (Å²) in [5, 5.41) is 3.50. The number of hydrogen-bond acceptors (Lipinski definition) is 2. The Morgan fingerprint density at radius 2 is 2.30 bits per heavy atom. The van der Waals surface area contributed by atoms with Gasteiger partial charge in [0.05, 0.1) is 6.54 Å². The van der Waals surface area contributed by atoms with Gasteiger partial charge in [0.1, 0.15) is 0 Å². The third-order valence-electron chi connectivity index (χ3n) is 4.06. The fourth-order valence-electron chi connectivity index (χ4n) is 2.79. The maximum atomic E-state index is 4.39. The highest BCUT2D eigenvalue weighted by atomic mass is 15.3. The van der Waals surface area contributed by atoms with E-state index in [0.717, 1.165) is 25.0 Å². The summed E-state index contributed by atoms with van der Waals surface area (Å²) in [5.74, 6) is 1.71. The third-order valence-corrected chi connectivity index (χ3v) is 4.06. The molecule has 2 heterocycles. The van der Waals surface area contributed by atoms with Crippen molar-refractivity contribution in [1.82, 2.24) is 19.7 Å². The molecule has 1 aromatic heterocycles. The molecule has 1 aliphatic heterocycles. The number of nitrogens with zero attached hydrogens (tertiary/aromatic N) is 4. The Balaban J connectivity index is 1.83. The van der Waals surface area contributed by atoms with Crippen molar-refractivity contribution < 1.29 is 0 Å². The number of aryl methyl sites for hydroxylation is 1. The second-order valence-electron chi connectivity index (χ2n) is 5.81. The van der Waals surface area contributed by atoms with Crippen LogP contribution < -0.4 is 5.32 Å². The molecule has 1 N–H and O–H groups in total. The van der Waals surface area contributed by atoms with Gasteiger partial charge in [-0.1, -0.05) is 0 Å². The van der Waals surface area contributed by atoms with Crippen molar-refractivity contribution in [3.63, 3.8) is 0 Å². The van der Waals surface area contributed by atoms with Gasteiger partial charge in [0, 0.05) is 46.1 Å². The largest absolute Gasteiger partial charge is 0.356 e. The zero-order valence-corrected chi connectivity index (χ0v) is 13.1. The lowest BCUT2D eigenvalue weighted by atomic mass is 10.1. The van der Waals surface area contributed by atoms with Gasteiger partial charge in [-0.05, 0) is 38.1 Å². The molecule has 0 amide bonds. The summed E-state index contributed by atoms with van der Waals surface area (Å²) in [7, 11) is 8.21. The first-order chi connectivity index (χ1) is 9.60. The van der Waals surface area contributed by atoms with E-state index in [-0.39, 0.29) is 0 Å². The van der Waals surface area contributed by atoms with Gasteiger partial charge >= 0.3 is 0 Å². The molecule has 0 spiro atoms. The Morgan fingerprint density at radius 3 is 2.85 bits per heavy atom. The number of nitrogens with one attached hydrogen (secondary N) is 1. The summed E-state index contributed by atoms with van der Waals surface area (Å²) in [6, 6.07) is 4.23. The molecule has 0 bridgehead atoms. The lowest BCUT2D eigenvalue weighted by Crippen LogP contribution is -2.41. The number of likely N-dealkylation sites (tertiary alicyclic amines) is 1. The Morgan fingerprint density at radius 1 is 1.50 bits per heavy atom. The normalized spacial score (nSPS) is 20.4. The average molecular weight is 277 g/mol. The molecule has 112 valence electrons. The highest BCUT2D eigenvalue weighted by Crippen LogP contribution is 2.13. The van der Waals surface area contributed by atoms with Crippen LogP contribution in [0.4, 0.5) is 0 Å². The van der Waals surface area contributed by atoms with Crippen LogP contribution in [0.25, 0.3) is 0 Å². The molecule has 5 nitrogen and oxygen atoms in total. The molecule has 5 heteroatoms. The van der Waals surface area contributed by atoms with Gasteiger partial charge in [0.2, 0.25) is 0 Å². The smallest absolute Gasteiger partial charge is 0.193 e. The predicted octanol–water partition coefficient (Wildman–Crippen LogP) is 0.984. The van der Waals surface area contributed by atoms with Crippen molar-refractivity contribution in [1.29, 1.82) is 0 Å². The third kappa shape index (κ3) is 3.76. The van der Waals surface area contributed by atoms with E-state index < -0.39 is 0 Å². The molecule has 0 radical (unpaired) electrons. The number of rotatable bonds is 4. The summed E-state index contributed by atoms with van der Waals surface area (Å²) >= 11 is 0. The molecule has 2 rings (SSSR count). The Kier molecular flexibility index (Phi) is 5.06. The Bertz CT molecular complexity index is 451. The van der Waals surface area contributed by atoms with Crippen LogP contribution in [0.2, 0.25) is 0 Å². The minimum atomic E-state index is 0.736. The molecule has 1 fully saturated rings. The second kappa shape index (κ2) is 6.79. The summed E-state index contributed by atoms with van der Waals surface area (Å²) < 4.78 is 2.15. The number of guanidine groups is 1. The van der Waals surface area contributed by atoms with Crippen LogP contribution in [0, 0.1) is 5.92 Å². The van der Waals surface area contributed by atoms with Crippen molar-refractivity contribution in [2.45, 2.75) is 13.0 Å². The van der Waals surface area contributed by atoms with E-state index >= 15 is 0 Å². The number of aliphatic imine (C=N–C) groups is 1. The SMILES string of the molecule is CN=C(NCC1CCN(C)C1)N(C)Cc1cccn1C. The van der Waals surface area contributed by atoms with Gasteiger partial charge in [-0.2, -0.15) is 0 Å². The summed E-state index contributed by atoms with van der Waals surface area (Å²) in [6.45, 7) is 4.28. The molecule has 1 saturated heterocycles. The first-order valence-corrected chi connectivity index (χ1v) is 7.30. The lowest BCUT2D eigenvalue weighted by molar-refractivity contribution is 0.390. The van der Waals surface area contributed by atoms with Gasteiger partial charge < -0.3 is 19.7 Å². The Hall–Kier alpha value is -1.49. The molecule has 0 saturated carbocycles. The van der Waals surface area contributed by atoms with Gasteiger partial charge in [-0.3, -0.25) is 4.99 Å². The van der Waals surface area contributed by atoms with E-state index in [1.165, 1.54) is 25.2 Å². The van der Waals surface area contributed by atoms with E-state index in [1.54, 1.807) is 0 Å². The van der Waals surface area contributed by atoms with Gasteiger partial charge in [0.15, 0.2) is 5.96 Å². The fourth-order valence-corrected chi connectivity index (χ4v) is 2.79. The maximum Gasteiger partial charge on any atom is 0.193 e. The van der Waals surface area contributed by atoms with Crippen LogP contribution >= 0.6 is 0 Å². The summed E-state index contributed by atoms with van der Waals surface area (Å²) in [4.78, 5) is 8.95. The highest BCUT2D eigenvalue weighted by molar-refractivity contribution is 5.79. The molecular weight excluding hydrogens is 250 g/mol. The van der Waals surface area contributed by atoms with Crippen molar-refractivity contribution in [3.05, 3.63) is 24.0 Å². The molecule has 0 aliphatic carbocycles. The molecule has 1 aliphatic rings. The van der Waals surface area contributed by atoms with Crippen LogP contribution in [0.5, 0.6) is 0 Å². The Labute approximate surface area is 122 Å². The van der Waals surface area contributed by atoms with Crippen molar-refractivity contribution in [2.75, 3.05) is 40.8 Å². The zero-order chi connectivity index (χ0) is 14.5. The van der Waals surface area contributed by atoms with E-state index in [1.807, 2.05) is 7.05 Å². The minimum absolute atomic E-state index is 0.736. The average Bonchev–Trinajstić information content (AvgIpc) is 3.00. The van der Waals surface area contributed by atoms with E-state index in [9.17, 15) is 0 Å². The summed E-state index contributed by atoms with van der Waals surface area (Å²) in [5.41, 5.74) is 1.29. The van der Waals surface area contributed by atoms with Crippen molar-refractivity contribution >= 4 is 5.96 Å². The van der Waals surface area contributed by atoms with Crippen molar-refractivity contribution in [3.8, 4) is 0 Å². The van der Waals surface area contributed by atoms with Crippen LogP contribution in [-0.4, -0.2) is 61.1 Å². The van der Waals surface area contributed by atoms with Crippen LogP contribution in [0.3, 0.4) is 0 Å². The van der Waals surface area contributed by atoms with E-state index in [2.05, 4.69) is 64.1 Å². The van der Waals surface area contributed by atoms with Crippen LogP contribution in [0.15, 0.2) is 23.3 Å². The molecular formula is C15H27N5. The van der Waals surface area contributed by atoms with Gasteiger partial charge in [-0.15, -0.1) is 0 Å². The topological polar surface area (TPSA) is 35.8 Å². The number of hydrogen-bond donors (Lipinski definition) is 1. The van der Waals surface area contributed by atoms with Crippen LogP contribution in [-0.2, 0) is 13.6 Å². The maximum absolute atomic E-state index is 4.39. The molecule has 1 aromatic rings. The minimum Gasteiger partial charge on any atom is -0.356 e. The zero-order valence-electron chi connectivity index (χ0n) is 13.1. The fraction of sp³-hybridized carbons (Fsp3) is 0.667. The first-order valence-electron chi connectivity index (χ1n) is 7.30. The van der Waals surface area contributed by atoms with E-state index in [4.69, 9.17) is 0 Å². The van der Waals surface area contributed by atoms with Crippen molar-refractivity contribution in [2.24, 2.45) is 18.0 Å². The molecule has 20 heavy (non-hydrogen) atoms.